The van der Waals surface area contributed by atoms with Gasteiger partial charge >= 0.3 is 5.97 Å². The first-order valence-corrected chi connectivity index (χ1v) is 5.13. The van der Waals surface area contributed by atoms with Gasteiger partial charge in [-0.2, -0.15) is 0 Å². The first-order chi connectivity index (χ1) is 7.42. The summed E-state index contributed by atoms with van der Waals surface area (Å²) in [7, 11) is 0. The zero-order valence-corrected chi connectivity index (χ0v) is 9.43. The van der Waals surface area contributed by atoms with Gasteiger partial charge in [0.25, 0.3) is 0 Å². The van der Waals surface area contributed by atoms with Crippen molar-refractivity contribution in [1.29, 1.82) is 0 Å². The second-order valence-electron chi connectivity index (χ2n) is 4.14. The van der Waals surface area contributed by atoms with E-state index in [1.54, 1.807) is 12.3 Å². The van der Waals surface area contributed by atoms with Crippen molar-refractivity contribution in [2.24, 2.45) is 0 Å². The summed E-state index contributed by atoms with van der Waals surface area (Å²) in [6.45, 7) is 3.17. The van der Waals surface area contributed by atoms with Crippen molar-refractivity contribution in [3.8, 4) is 0 Å². The maximum atomic E-state index is 10.6. The van der Waals surface area contributed by atoms with Crippen LogP contribution in [0.4, 0.5) is 0 Å². The SMILES string of the molecule is CC(Cc1ccco1)NCC(C)(O)C(=O)O. The molecule has 0 aliphatic rings. The molecule has 90 valence electrons. The van der Waals surface area contributed by atoms with E-state index < -0.39 is 11.6 Å². The summed E-state index contributed by atoms with van der Waals surface area (Å²) in [4.78, 5) is 10.6. The van der Waals surface area contributed by atoms with Crippen LogP contribution in [0.25, 0.3) is 0 Å². The van der Waals surface area contributed by atoms with Crippen LogP contribution in [-0.2, 0) is 11.2 Å². The van der Waals surface area contributed by atoms with Crippen molar-refractivity contribution < 1.29 is 19.4 Å². The molecular formula is C11H17NO4. The Morgan fingerprint density at radius 2 is 2.38 bits per heavy atom. The second-order valence-corrected chi connectivity index (χ2v) is 4.14. The maximum absolute atomic E-state index is 10.6. The van der Waals surface area contributed by atoms with E-state index in [0.717, 1.165) is 5.76 Å². The molecule has 0 saturated carbocycles. The fraction of sp³-hybridized carbons (Fsp3) is 0.545. The second kappa shape index (κ2) is 5.14. The van der Waals surface area contributed by atoms with Gasteiger partial charge in [-0.15, -0.1) is 0 Å². The number of furan rings is 1. The number of carboxylic acids is 1. The van der Waals surface area contributed by atoms with Crippen LogP contribution in [-0.4, -0.2) is 34.4 Å². The zero-order chi connectivity index (χ0) is 12.2. The van der Waals surface area contributed by atoms with Crippen LogP contribution in [0.1, 0.15) is 19.6 Å². The molecule has 0 saturated heterocycles. The highest BCUT2D eigenvalue weighted by Crippen LogP contribution is 2.06. The van der Waals surface area contributed by atoms with Gasteiger partial charge in [0.05, 0.1) is 6.26 Å². The molecule has 0 bridgehead atoms. The number of hydrogen-bond acceptors (Lipinski definition) is 4. The van der Waals surface area contributed by atoms with Gasteiger partial charge in [-0.05, 0) is 26.0 Å². The van der Waals surface area contributed by atoms with Gasteiger partial charge in [0, 0.05) is 19.0 Å². The van der Waals surface area contributed by atoms with Gasteiger partial charge in [-0.1, -0.05) is 0 Å². The topological polar surface area (TPSA) is 82.7 Å². The van der Waals surface area contributed by atoms with Gasteiger partial charge < -0.3 is 19.9 Å². The molecule has 2 unspecified atom stereocenters. The molecule has 16 heavy (non-hydrogen) atoms. The smallest absolute Gasteiger partial charge is 0.336 e. The molecule has 0 spiro atoms. The van der Waals surface area contributed by atoms with Crippen molar-refractivity contribution >= 4 is 5.97 Å². The van der Waals surface area contributed by atoms with Crippen LogP contribution < -0.4 is 5.32 Å². The van der Waals surface area contributed by atoms with Gasteiger partial charge in [0.1, 0.15) is 5.76 Å². The van der Waals surface area contributed by atoms with E-state index in [4.69, 9.17) is 9.52 Å². The lowest BCUT2D eigenvalue weighted by atomic mass is 10.1. The van der Waals surface area contributed by atoms with Crippen LogP contribution >= 0.6 is 0 Å². The first kappa shape index (κ1) is 12.7. The van der Waals surface area contributed by atoms with Crippen molar-refractivity contribution in [3.05, 3.63) is 24.2 Å². The fourth-order valence-corrected chi connectivity index (χ4v) is 1.25. The monoisotopic (exact) mass is 227 g/mol. The molecular weight excluding hydrogens is 210 g/mol. The summed E-state index contributed by atoms with van der Waals surface area (Å²) in [6.07, 6.45) is 2.25. The highest BCUT2D eigenvalue weighted by molar-refractivity contribution is 5.76. The minimum atomic E-state index is -1.74. The number of carboxylic acid groups (broad SMARTS) is 1. The van der Waals surface area contributed by atoms with E-state index in [0.29, 0.717) is 6.42 Å². The average molecular weight is 227 g/mol. The molecule has 0 aliphatic carbocycles. The summed E-state index contributed by atoms with van der Waals surface area (Å²) in [5, 5.41) is 21.1. The molecule has 1 aromatic rings. The van der Waals surface area contributed by atoms with Crippen LogP contribution in [0.3, 0.4) is 0 Å². The van der Waals surface area contributed by atoms with Crippen LogP contribution in [0.2, 0.25) is 0 Å². The van der Waals surface area contributed by atoms with Gasteiger partial charge in [-0.3, -0.25) is 0 Å². The third-order valence-corrected chi connectivity index (χ3v) is 2.34. The zero-order valence-electron chi connectivity index (χ0n) is 9.43. The Bertz CT molecular complexity index is 332. The van der Waals surface area contributed by atoms with Crippen molar-refractivity contribution in [2.45, 2.75) is 31.9 Å². The number of carbonyl (C=O) groups is 1. The van der Waals surface area contributed by atoms with Crippen LogP contribution in [0.5, 0.6) is 0 Å². The molecule has 0 amide bonds. The minimum absolute atomic E-state index is 0.00418. The molecule has 1 rings (SSSR count). The molecule has 0 aliphatic heterocycles. The van der Waals surface area contributed by atoms with E-state index in [1.807, 2.05) is 13.0 Å². The Labute approximate surface area is 94.1 Å². The summed E-state index contributed by atoms with van der Waals surface area (Å²) in [6, 6.07) is 3.69. The summed E-state index contributed by atoms with van der Waals surface area (Å²) < 4.78 is 5.16. The highest BCUT2D eigenvalue weighted by Gasteiger charge is 2.29. The number of aliphatic hydroxyl groups is 1. The van der Waals surface area contributed by atoms with E-state index >= 15 is 0 Å². The molecule has 5 heteroatoms. The van der Waals surface area contributed by atoms with Crippen LogP contribution in [0.15, 0.2) is 22.8 Å². The summed E-state index contributed by atoms with van der Waals surface area (Å²) >= 11 is 0. The lowest BCUT2D eigenvalue weighted by molar-refractivity contribution is -0.156. The standard InChI is InChI=1S/C11H17NO4/c1-8(6-9-4-3-5-16-9)12-7-11(2,15)10(13)14/h3-5,8,12,15H,6-7H2,1-2H3,(H,13,14). The lowest BCUT2D eigenvalue weighted by Gasteiger charge is -2.21. The maximum Gasteiger partial charge on any atom is 0.336 e. The van der Waals surface area contributed by atoms with Gasteiger partial charge in [-0.25, -0.2) is 4.79 Å². The third kappa shape index (κ3) is 3.67. The van der Waals surface area contributed by atoms with Crippen LogP contribution in [0, 0.1) is 0 Å². The number of rotatable bonds is 6. The first-order valence-electron chi connectivity index (χ1n) is 5.13. The summed E-state index contributed by atoms with van der Waals surface area (Å²) in [5.41, 5.74) is -1.74. The molecule has 2 atom stereocenters. The largest absolute Gasteiger partial charge is 0.479 e. The Morgan fingerprint density at radius 3 is 2.88 bits per heavy atom. The molecule has 5 nitrogen and oxygen atoms in total. The molecule has 0 fully saturated rings. The lowest BCUT2D eigenvalue weighted by Crippen LogP contribution is -2.47. The fourth-order valence-electron chi connectivity index (χ4n) is 1.25. The Balaban J connectivity index is 2.35. The van der Waals surface area contributed by atoms with Crippen molar-refractivity contribution in [1.82, 2.24) is 5.32 Å². The normalized spacial score (nSPS) is 16.7. The quantitative estimate of drug-likeness (QED) is 0.664. The van der Waals surface area contributed by atoms with E-state index in [9.17, 15) is 9.90 Å². The highest BCUT2D eigenvalue weighted by atomic mass is 16.4. The number of aliphatic carboxylic acids is 1. The van der Waals surface area contributed by atoms with E-state index in [2.05, 4.69) is 5.32 Å². The minimum Gasteiger partial charge on any atom is -0.479 e. The van der Waals surface area contributed by atoms with Crippen molar-refractivity contribution in [2.75, 3.05) is 6.54 Å². The Kier molecular flexibility index (Phi) is 4.09. The predicted octanol–water partition coefficient (Wildman–Crippen LogP) is 0.636. The third-order valence-electron chi connectivity index (χ3n) is 2.34. The Hall–Kier alpha value is -1.33. The number of hydrogen-bond donors (Lipinski definition) is 3. The molecule has 1 heterocycles. The molecule has 0 aromatic carbocycles. The van der Waals surface area contributed by atoms with Gasteiger partial charge in [0.15, 0.2) is 5.60 Å². The number of nitrogens with one attached hydrogen (secondary N) is 1. The molecule has 3 N–H and O–H groups in total. The molecule has 0 radical (unpaired) electrons. The van der Waals surface area contributed by atoms with E-state index in [-0.39, 0.29) is 12.6 Å². The predicted molar refractivity (Wildman–Crippen MR) is 58.1 cm³/mol. The molecule has 1 aromatic heterocycles. The average Bonchev–Trinajstić information content (AvgIpc) is 2.67. The Morgan fingerprint density at radius 1 is 1.69 bits per heavy atom. The van der Waals surface area contributed by atoms with Gasteiger partial charge in [0.2, 0.25) is 0 Å². The van der Waals surface area contributed by atoms with Crippen molar-refractivity contribution in [3.63, 3.8) is 0 Å². The van der Waals surface area contributed by atoms with E-state index in [1.165, 1.54) is 6.92 Å². The summed E-state index contributed by atoms with van der Waals surface area (Å²) in [5.74, 6) is -0.403.